The number of fused-ring (bicyclic) bond motifs is 3. The molecule has 3 aromatic rings. The zero-order chi connectivity index (χ0) is 16.7. The Balaban J connectivity index is 1.77. The smallest absolute Gasteiger partial charge is 0.136 e. The van der Waals surface area contributed by atoms with Crippen LogP contribution in [0.1, 0.15) is 24.0 Å². The molecule has 2 aliphatic heterocycles. The molecular formula is C23H21NO. The van der Waals surface area contributed by atoms with Gasteiger partial charge >= 0.3 is 0 Å². The van der Waals surface area contributed by atoms with Gasteiger partial charge in [-0.05, 0) is 41.8 Å². The van der Waals surface area contributed by atoms with E-state index in [0.29, 0.717) is 0 Å². The summed E-state index contributed by atoms with van der Waals surface area (Å²) in [6.45, 7) is 2.00. The van der Waals surface area contributed by atoms with Gasteiger partial charge in [0.2, 0.25) is 0 Å². The lowest BCUT2D eigenvalue weighted by atomic mass is 9.82. The van der Waals surface area contributed by atoms with Crippen LogP contribution in [-0.4, -0.2) is 18.7 Å². The molecule has 3 aromatic carbocycles. The van der Waals surface area contributed by atoms with Gasteiger partial charge in [0, 0.05) is 23.8 Å². The standard InChI is InChI=1S/C23H21NO/c1-2-6-17(7-3-1)21-16-23(12-14-24-15-13-23)25-22-19-9-5-4-8-18(19)10-11-20(21)22/h1-11,16,24H,12-15H2. The summed E-state index contributed by atoms with van der Waals surface area (Å²) in [5.74, 6) is 1.04. The summed E-state index contributed by atoms with van der Waals surface area (Å²) in [5, 5.41) is 5.91. The molecule has 2 heteroatoms. The molecule has 0 aromatic heterocycles. The van der Waals surface area contributed by atoms with Gasteiger partial charge in [0.25, 0.3) is 0 Å². The van der Waals surface area contributed by atoms with E-state index in [1.54, 1.807) is 0 Å². The van der Waals surface area contributed by atoms with Crippen LogP contribution in [0.25, 0.3) is 16.3 Å². The van der Waals surface area contributed by atoms with E-state index in [0.717, 1.165) is 31.7 Å². The molecule has 2 aliphatic rings. The SMILES string of the molecule is C1=C(c2ccccc2)c2ccc3ccccc3c2OC12CCNCC2. The van der Waals surface area contributed by atoms with E-state index in [2.05, 4.69) is 78.1 Å². The fraction of sp³-hybridized carbons (Fsp3) is 0.217. The van der Waals surface area contributed by atoms with Crippen molar-refractivity contribution in [3.05, 3.63) is 83.9 Å². The van der Waals surface area contributed by atoms with Crippen LogP contribution in [0.4, 0.5) is 0 Å². The molecule has 25 heavy (non-hydrogen) atoms. The second-order valence-corrected chi connectivity index (χ2v) is 7.00. The molecule has 1 N–H and O–H groups in total. The summed E-state index contributed by atoms with van der Waals surface area (Å²) >= 11 is 0. The highest BCUT2D eigenvalue weighted by Gasteiger charge is 2.37. The summed E-state index contributed by atoms with van der Waals surface area (Å²) in [6, 6.07) is 23.6. The van der Waals surface area contributed by atoms with Crippen molar-refractivity contribution >= 4 is 16.3 Å². The van der Waals surface area contributed by atoms with Gasteiger partial charge in [-0.2, -0.15) is 0 Å². The number of hydrogen-bond acceptors (Lipinski definition) is 2. The van der Waals surface area contributed by atoms with Gasteiger partial charge in [-0.15, -0.1) is 0 Å². The molecule has 0 bridgehead atoms. The molecule has 0 unspecified atom stereocenters. The number of benzene rings is 3. The first-order chi connectivity index (χ1) is 12.3. The Bertz CT molecular complexity index is 952. The van der Waals surface area contributed by atoms with E-state index in [-0.39, 0.29) is 5.60 Å². The average molecular weight is 327 g/mol. The molecule has 0 amide bonds. The van der Waals surface area contributed by atoms with Crippen molar-refractivity contribution in [2.75, 3.05) is 13.1 Å². The van der Waals surface area contributed by atoms with Gasteiger partial charge in [-0.3, -0.25) is 0 Å². The van der Waals surface area contributed by atoms with Crippen LogP contribution in [0.3, 0.4) is 0 Å². The van der Waals surface area contributed by atoms with Crippen LogP contribution in [0.15, 0.2) is 72.8 Å². The van der Waals surface area contributed by atoms with Crippen molar-refractivity contribution in [2.45, 2.75) is 18.4 Å². The minimum absolute atomic E-state index is 0.201. The Morgan fingerprint density at radius 3 is 2.40 bits per heavy atom. The van der Waals surface area contributed by atoms with E-state index in [1.807, 2.05) is 0 Å². The van der Waals surface area contributed by atoms with Crippen LogP contribution in [0, 0.1) is 0 Å². The van der Waals surface area contributed by atoms with Gasteiger partial charge in [0.15, 0.2) is 0 Å². The number of hydrogen-bond donors (Lipinski definition) is 1. The lowest BCUT2D eigenvalue weighted by molar-refractivity contribution is 0.0835. The number of rotatable bonds is 1. The predicted octanol–water partition coefficient (Wildman–Crippen LogP) is 4.79. The first-order valence-electron chi connectivity index (χ1n) is 9.05. The molecule has 0 atom stereocenters. The van der Waals surface area contributed by atoms with Crippen LogP contribution in [0.5, 0.6) is 5.75 Å². The van der Waals surface area contributed by atoms with Crippen molar-refractivity contribution in [1.29, 1.82) is 0 Å². The van der Waals surface area contributed by atoms with E-state index in [4.69, 9.17) is 4.74 Å². The third-order valence-electron chi connectivity index (χ3n) is 5.42. The minimum Gasteiger partial charge on any atom is -0.482 e. The van der Waals surface area contributed by atoms with Crippen molar-refractivity contribution in [3.63, 3.8) is 0 Å². The Morgan fingerprint density at radius 2 is 1.56 bits per heavy atom. The zero-order valence-corrected chi connectivity index (χ0v) is 14.2. The lowest BCUT2D eigenvalue weighted by Crippen LogP contribution is -2.46. The molecule has 2 nitrogen and oxygen atoms in total. The number of ether oxygens (including phenoxy) is 1. The molecule has 1 spiro atoms. The third kappa shape index (κ3) is 2.45. The quantitative estimate of drug-likeness (QED) is 0.694. The lowest BCUT2D eigenvalue weighted by Gasteiger charge is -2.40. The maximum Gasteiger partial charge on any atom is 0.136 e. The highest BCUT2D eigenvalue weighted by molar-refractivity contribution is 5.97. The van der Waals surface area contributed by atoms with Gasteiger partial charge in [0.05, 0.1) is 0 Å². The third-order valence-corrected chi connectivity index (χ3v) is 5.42. The first-order valence-corrected chi connectivity index (χ1v) is 9.05. The van der Waals surface area contributed by atoms with E-state index in [1.165, 1.54) is 27.5 Å². The maximum atomic E-state index is 6.71. The molecule has 1 saturated heterocycles. The molecule has 124 valence electrons. The van der Waals surface area contributed by atoms with Crippen molar-refractivity contribution < 1.29 is 4.74 Å². The summed E-state index contributed by atoms with van der Waals surface area (Å²) < 4.78 is 6.71. The van der Waals surface area contributed by atoms with Crippen LogP contribution in [-0.2, 0) is 0 Å². The molecule has 2 heterocycles. The van der Waals surface area contributed by atoms with Crippen LogP contribution >= 0.6 is 0 Å². The summed E-state index contributed by atoms with van der Waals surface area (Å²) in [6.07, 6.45) is 4.39. The van der Waals surface area contributed by atoms with Gasteiger partial charge < -0.3 is 10.1 Å². The number of nitrogens with one attached hydrogen (secondary N) is 1. The molecule has 0 saturated carbocycles. The van der Waals surface area contributed by atoms with Gasteiger partial charge in [-0.25, -0.2) is 0 Å². The largest absolute Gasteiger partial charge is 0.482 e. The zero-order valence-electron chi connectivity index (χ0n) is 14.2. The monoisotopic (exact) mass is 327 g/mol. The second-order valence-electron chi connectivity index (χ2n) is 7.00. The molecule has 5 rings (SSSR count). The Labute approximate surface area is 148 Å². The normalized spacial score (nSPS) is 18.5. The fourth-order valence-electron chi connectivity index (χ4n) is 4.09. The van der Waals surface area contributed by atoms with E-state index >= 15 is 0 Å². The van der Waals surface area contributed by atoms with Crippen LogP contribution in [0.2, 0.25) is 0 Å². The van der Waals surface area contributed by atoms with Crippen molar-refractivity contribution in [1.82, 2.24) is 5.32 Å². The fourth-order valence-corrected chi connectivity index (χ4v) is 4.09. The van der Waals surface area contributed by atoms with Gasteiger partial charge in [0.1, 0.15) is 11.4 Å². The Kier molecular flexibility index (Phi) is 3.39. The number of piperidine rings is 1. The van der Waals surface area contributed by atoms with Crippen molar-refractivity contribution in [2.24, 2.45) is 0 Å². The highest BCUT2D eigenvalue weighted by atomic mass is 16.5. The topological polar surface area (TPSA) is 21.3 Å². The molecule has 1 fully saturated rings. The predicted molar refractivity (Wildman–Crippen MR) is 103 cm³/mol. The highest BCUT2D eigenvalue weighted by Crippen LogP contribution is 2.45. The second kappa shape index (κ2) is 5.75. The first kappa shape index (κ1) is 14.7. The summed E-state index contributed by atoms with van der Waals surface area (Å²) in [7, 11) is 0. The van der Waals surface area contributed by atoms with Crippen molar-refractivity contribution in [3.8, 4) is 5.75 Å². The maximum absolute atomic E-state index is 6.71. The Hall–Kier alpha value is -2.58. The average Bonchev–Trinajstić information content (AvgIpc) is 2.69. The van der Waals surface area contributed by atoms with Gasteiger partial charge in [-0.1, -0.05) is 60.7 Å². The van der Waals surface area contributed by atoms with Crippen LogP contribution < -0.4 is 10.1 Å². The summed E-state index contributed by atoms with van der Waals surface area (Å²) in [4.78, 5) is 0. The van der Waals surface area contributed by atoms with E-state index in [9.17, 15) is 0 Å². The molecular weight excluding hydrogens is 306 g/mol. The molecule has 0 radical (unpaired) electrons. The molecule has 0 aliphatic carbocycles. The minimum atomic E-state index is -0.201. The Morgan fingerprint density at radius 1 is 0.800 bits per heavy atom. The summed E-state index contributed by atoms with van der Waals surface area (Å²) in [5.41, 5.74) is 3.57. The van der Waals surface area contributed by atoms with E-state index < -0.39 is 0 Å².